The molecule has 6 heteroatoms. The molecule has 1 aromatic carbocycles. The molecule has 2 aromatic rings. The second-order valence-electron chi connectivity index (χ2n) is 4.22. The topological polar surface area (TPSA) is 92.2 Å². The maximum Gasteiger partial charge on any atom is 0.342 e. The van der Waals surface area contributed by atoms with E-state index in [0.29, 0.717) is 5.69 Å². The zero-order valence-corrected chi connectivity index (χ0v) is 10.4. The molecule has 0 radical (unpaired) electrons. The zero-order valence-electron chi connectivity index (χ0n) is 10.4. The molecule has 1 heterocycles. The molecule has 0 spiro atoms. The van der Waals surface area contributed by atoms with Gasteiger partial charge in [-0.05, 0) is 37.1 Å². The Hall–Kier alpha value is -2.63. The Bertz CT molecular complexity index is 771. The fourth-order valence-corrected chi connectivity index (χ4v) is 1.73. The molecule has 0 aliphatic carbocycles. The molecule has 98 valence electrons. The number of carboxylic acid groups (broad SMARTS) is 1. The van der Waals surface area contributed by atoms with Crippen LogP contribution in [0.25, 0.3) is 5.69 Å². The summed E-state index contributed by atoms with van der Waals surface area (Å²) in [6, 6.07) is 5.03. The lowest BCUT2D eigenvalue weighted by molar-refractivity contribution is 0.0694. The summed E-state index contributed by atoms with van der Waals surface area (Å²) in [4.78, 5) is 36.9. The van der Waals surface area contributed by atoms with Crippen LogP contribution >= 0.6 is 0 Å². The van der Waals surface area contributed by atoms with E-state index in [1.54, 1.807) is 18.2 Å². The van der Waals surface area contributed by atoms with Crippen LogP contribution in [0.4, 0.5) is 0 Å². The number of nitrogens with one attached hydrogen (secondary N) is 1. The average Bonchev–Trinajstić information content (AvgIpc) is 2.33. The van der Waals surface area contributed by atoms with Gasteiger partial charge in [0.05, 0.1) is 5.69 Å². The number of H-pyrrole nitrogens is 1. The van der Waals surface area contributed by atoms with Gasteiger partial charge in [0, 0.05) is 6.20 Å². The molecule has 2 rings (SSSR count). The molecule has 0 aliphatic rings. The molecule has 0 saturated heterocycles. The van der Waals surface area contributed by atoms with Crippen LogP contribution in [0.2, 0.25) is 0 Å². The standard InChI is InChI=1S/C13H12N2O4/c1-7-3-4-9(5-8(7)2)15-11(16)10(12(17)18)6-14-13(15)19/h3-6H,1-2H3,(H,14,19)(H,17,18). The summed E-state index contributed by atoms with van der Waals surface area (Å²) in [5.74, 6) is -1.38. The predicted octanol–water partition coefficient (Wildman–Crippen LogP) is 0.841. The normalized spacial score (nSPS) is 10.4. The Morgan fingerprint density at radius 2 is 1.89 bits per heavy atom. The highest BCUT2D eigenvalue weighted by Crippen LogP contribution is 2.11. The number of carboxylic acids is 1. The van der Waals surface area contributed by atoms with Crippen molar-refractivity contribution in [1.82, 2.24) is 9.55 Å². The number of nitrogens with zero attached hydrogens (tertiary/aromatic N) is 1. The fourth-order valence-electron chi connectivity index (χ4n) is 1.73. The molecule has 0 saturated carbocycles. The van der Waals surface area contributed by atoms with Gasteiger partial charge >= 0.3 is 11.7 Å². The van der Waals surface area contributed by atoms with E-state index in [4.69, 9.17) is 5.11 Å². The first-order valence-corrected chi connectivity index (χ1v) is 5.57. The second kappa shape index (κ2) is 4.56. The van der Waals surface area contributed by atoms with Gasteiger partial charge in [0.2, 0.25) is 0 Å². The molecular formula is C13H12N2O4. The van der Waals surface area contributed by atoms with Crippen LogP contribution in [0, 0.1) is 13.8 Å². The Labute approximate surface area is 108 Å². The minimum absolute atomic E-state index is 0.345. The summed E-state index contributed by atoms with van der Waals surface area (Å²) in [5.41, 5.74) is 0.278. The Morgan fingerprint density at radius 1 is 1.21 bits per heavy atom. The molecule has 0 fully saturated rings. The van der Waals surface area contributed by atoms with Gasteiger partial charge in [0.15, 0.2) is 0 Å². The maximum absolute atomic E-state index is 12.0. The zero-order chi connectivity index (χ0) is 14.2. The van der Waals surface area contributed by atoms with Gasteiger partial charge in [-0.3, -0.25) is 4.79 Å². The SMILES string of the molecule is Cc1ccc(-n2c(=O)[nH]cc(C(=O)O)c2=O)cc1C. The third-order valence-corrected chi connectivity index (χ3v) is 2.96. The summed E-state index contributed by atoms with van der Waals surface area (Å²) in [6.07, 6.45) is 0.907. The lowest BCUT2D eigenvalue weighted by atomic mass is 10.1. The minimum atomic E-state index is -1.38. The van der Waals surface area contributed by atoms with Gasteiger partial charge in [-0.1, -0.05) is 6.07 Å². The number of benzene rings is 1. The van der Waals surface area contributed by atoms with Crippen molar-refractivity contribution in [2.24, 2.45) is 0 Å². The number of aromatic carboxylic acids is 1. The molecule has 6 nitrogen and oxygen atoms in total. The van der Waals surface area contributed by atoms with Crippen LogP contribution in [-0.2, 0) is 0 Å². The highest BCUT2D eigenvalue weighted by atomic mass is 16.4. The highest BCUT2D eigenvalue weighted by Gasteiger charge is 2.14. The molecule has 0 atom stereocenters. The smallest absolute Gasteiger partial charge is 0.342 e. The van der Waals surface area contributed by atoms with E-state index in [0.717, 1.165) is 21.9 Å². The summed E-state index contributed by atoms with van der Waals surface area (Å²) in [7, 11) is 0. The molecule has 1 aromatic heterocycles. The number of aromatic nitrogens is 2. The van der Waals surface area contributed by atoms with Gasteiger partial charge < -0.3 is 10.1 Å². The largest absolute Gasteiger partial charge is 0.477 e. The first kappa shape index (κ1) is 12.8. The molecule has 0 amide bonds. The number of hydrogen-bond acceptors (Lipinski definition) is 3. The van der Waals surface area contributed by atoms with E-state index >= 15 is 0 Å². The van der Waals surface area contributed by atoms with E-state index in [9.17, 15) is 14.4 Å². The number of aryl methyl sites for hydroxylation is 2. The molecule has 19 heavy (non-hydrogen) atoms. The van der Waals surface area contributed by atoms with Crippen molar-refractivity contribution in [3.63, 3.8) is 0 Å². The lowest BCUT2D eigenvalue weighted by Gasteiger charge is -2.07. The Balaban J connectivity index is 2.78. The van der Waals surface area contributed by atoms with Crippen LogP contribution in [-0.4, -0.2) is 20.6 Å². The second-order valence-corrected chi connectivity index (χ2v) is 4.22. The number of hydrogen-bond donors (Lipinski definition) is 2. The Kier molecular flexibility index (Phi) is 3.08. The van der Waals surface area contributed by atoms with E-state index in [1.165, 1.54) is 0 Å². The Morgan fingerprint density at radius 3 is 2.47 bits per heavy atom. The van der Waals surface area contributed by atoms with Gasteiger partial charge in [0.1, 0.15) is 5.56 Å². The third kappa shape index (κ3) is 2.20. The lowest BCUT2D eigenvalue weighted by Crippen LogP contribution is -2.36. The number of rotatable bonds is 2. The van der Waals surface area contributed by atoms with Crippen molar-refractivity contribution < 1.29 is 9.90 Å². The molecular weight excluding hydrogens is 248 g/mol. The van der Waals surface area contributed by atoms with Gasteiger partial charge in [-0.2, -0.15) is 0 Å². The average molecular weight is 260 g/mol. The van der Waals surface area contributed by atoms with Crippen LogP contribution < -0.4 is 11.2 Å². The van der Waals surface area contributed by atoms with Gasteiger partial charge in [0.25, 0.3) is 5.56 Å². The monoisotopic (exact) mass is 260 g/mol. The molecule has 0 unspecified atom stereocenters. The fraction of sp³-hybridized carbons (Fsp3) is 0.154. The summed E-state index contributed by atoms with van der Waals surface area (Å²) in [5, 5.41) is 8.89. The van der Waals surface area contributed by atoms with E-state index in [2.05, 4.69) is 4.98 Å². The molecule has 0 bridgehead atoms. The first-order chi connectivity index (χ1) is 8.91. The van der Waals surface area contributed by atoms with Crippen molar-refractivity contribution in [3.05, 3.63) is 61.9 Å². The van der Waals surface area contributed by atoms with Crippen molar-refractivity contribution in [2.45, 2.75) is 13.8 Å². The van der Waals surface area contributed by atoms with Crippen LogP contribution in [0.1, 0.15) is 21.5 Å². The minimum Gasteiger partial charge on any atom is -0.477 e. The first-order valence-electron chi connectivity index (χ1n) is 5.57. The van der Waals surface area contributed by atoms with Crippen molar-refractivity contribution in [3.8, 4) is 5.69 Å². The molecule has 0 aliphatic heterocycles. The highest BCUT2D eigenvalue weighted by molar-refractivity contribution is 5.86. The van der Waals surface area contributed by atoms with Crippen molar-refractivity contribution in [2.75, 3.05) is 0 Å². The number of aromatic amines is 1. The van der Waals surface area contributed by atoms with Gasteiger partial charge in [-0.25, -0.2) is 14.2 Å². The van der Waals surface area contributed by atoms with E-state index in [-0.39, 0.29) is 0 Å². The van der Waals surface area contributed by atoms with Gasteiger partial charge in [-0.15, -0.1) is 0 Å². The van der Waals surface area contributed by atoms with Crippen LogP contribution in [0.5, 0.6) is 0 Å². The van der Waals surface area contributed by atoms with Crippen molar-refractivity contribution >= 4 is 5.97 Å². The maximum atomic E-state index is 12.0. The summed E-state index contributed by atoms with van der Waals surface area (Å²) in [6.45, 7) is 3.75. The number of carbonyl (C=O) groups is 1. The summed E-state index contributed by atoms with van der Waals surface area (Å²) >= 11 is 0. The summed E-state index contributed by atoms with van der Waals surface area (Å²) < 4.78 is 0.815. The molecule has 2 N–H and O–H groups in total. The van der Waals surface area contributed by atoms with Crippen LogP contribution in [0.15, 0.2) is 34.0 Å². The predicted molar refractivity (Wildman–Crippen MR) is 69.1 cm³/mol. The van der Waals surface area contributed by atoms with E-state index < -0.39 is 22.8 Å². The van der Waals surface area contributed by atoms with Crippen molar-refractivity contribution in [1.29, 1.82) is 0 Å². The quantitative estimate of drug-likeness (QED) is 0.836. The van der Waals surface area contributed by atoms with E-state index in [1.807, 2.05) is 13.8 Å². The van der Waals surface area contributed by atoms with Crippen LogP contribution in [0.3, 0.4) is 0 Å². The third-order valence-electron chi connectivity index (χ3n) is 2.96.